The Hall–Kier alpha value is -2.75. The standard InChI is InChI=1S/C19H20ClN3O5S/c1-3-22(4-2)29(27,28)16-9-7-15(8-10-16)21-19(24)12-6-14-5-11-17(20)18(13-14)23(25)26/h5-13H,3-4H2,1-2H3,(H,21,24)/b12-6+. The minimum atomic E-state index is -3.57. The van der Waals surface area contributed by atoms with Crippen LogP contribution in [-0.4, -0.2) is 36.6 Å². The number of nitrogens with one attached hydrogen (secondary N) is 1. The average Bonchev–Trinajstić information content (AvgIpc) is 2.68. The van der Waals surface area contributed by atoms with Gasteiger partial charge in [0.25, 0.3) is 5.69 Å². The highest BCUT2D eigenvalue weighted by atomic mass is 35.5. The first-order valence-electron chi connectivity index (χ1n) is 8.72. The van der Waals surface area contributed by atoms with Gasteiger partial charge in [0.2, 0.25) is 15.9 Å². The molecule has 0 unspecified atom stereocenters. The summed E-state index contributed by atoms with van der Waals surface area (Å²) in [5, 5.41) is 13.5. The van der Waals surface area contributed by atoms with Crippen LogP contribution in [0.3, 0.4) is 0 Å². The minimum absolute atomic E-state index is 0.0105. The van der Waals surface area contributed by atoms with Crippen molar-refractivity contribution in [3.05, 3.63) is 69.2 Å². The summed E-state index contributed by atoms with van der Waals surface area (Å²) in [4.78, 5) is 22.5. The Bertz CT molecular complexity index is 1030. The van der Waals surface area contributed by atoms with Crippen LogP contribution < -0.4 is 5.32 Å². The zero-order chi connectivity index (χ0) is 21.6. The normalized spacial score (nSPS) is 11.7. The molecular weight excluding hydrogens is 418 g/mol. The maximum absolute atomic E-state index is 12.5. The molecule has 0 aromatic heterocycles. The Morgan fingerprint density at radius 1 is 1.17 bits per heavy atom. The Labute approximate surface area is 174 Å². The molecule has 0 fully saturated rings. The van der Waals surface area contributed by atoms with Crippen LogP contribution in [0.4, 0.5) is 11.4 Å². The van der Waals surface area contributed by atoms with Gasteiger partial charge >= 0.3 is 0 Å². The molecule has 2 aromatic carbocycles. The van der Waals surface area contributed by atoms with Gasteiger partial charge in [-0.1, -0.05) is 31.5 Å². The molecule has 2 aromatic rings. The maximum Gasteiger partial charge on any atom is 0.288 e. The van der Waals surface area contributed by atoms with Crippen LogP contribution in [-0.2, 0) is 14.8 Å². The van der Waals surface area contributed by atoms with E-state index in [2.05, 4.69) is 5.32 Å². The number of anilines is 1. The molecule has 0 heterocycles. The van der Waals surface area contributed by atoms with Gasteiger partial charge in [-0.15, -0.1) is 0 Å². The number of nitro groups is 1. The fourth-order valence-electron chi connectivity index (χ4n) is 2.55. The Morgan fingerprint density at radius 3 is 2.34 bits per heavy atom. The molecule has 154 valence electrons. The molecule has 29 heavy (non-hydrogen) atoms. The lowest BCUT2D eigenvalue weighted by molar-refractivity contribution is -0.384. The molecule has 0 aliphatic rings. The molecule has 2 rings (SSSR count). The Morgan fingerprint density at radius 2 is 1.79 bits per heavy atom. The third kappa shape index (κ3) is 5.63. The number of amides is 1. The van der Waals surface area contributed by atoms with Gasteiger partial charge in [-0.2, -0.15) is 4.31 Å². The summed E-state index contributed by atoms with van der Waals surface area (Å²) in [6.07, 6.45) is 2.63. The number of halogens is 1. The van der Waals surface area contributed by atoms with E-state index in [0.29, 0.717) is 24.3 Å². The zero-order valence-corrected chi connectivity index (χ0v) is 17.4. The van der Waals surface area contributed by atoms with Crippen LogP contribution in [0.5, 0.6) is 0 Å². The number of nitro benzene ring substituents is 1. The van der Waals surface area contributed by atoms with Gasteiger partial charge < -0.3 is 5.32 Å². The Kier molecular flexibility index (Phi) is 7.49. The molecule has 8 nitrogen and oxygen atoms in total. The molecule has 0 radical (unpaired) electrons. The van der Waals surface area contributed by atoms with E-state index < -0.39 is 20.9 Å². The van der Waals surface area contributed by atoms with Gasteiger partial charge in [-0.25, -0.2) is 8.42 Å². The largest absolute Gasteiger partial charge is 0.323 e. The Balaban J connectivity index is 2.09. The van der Waals surface area contributed by atoms with E-state index in [1.54, 1.807) is 19.9 Å². The third-order valence-corrected chi connectivity index (χ3v) is 6.44. The van der Waals surface area contributed by atoms with Crippen LogP contribution in [0.2, 0.25) is 5.02 Å². The third-order valence-electron chi connectivity index (χ3n) is 4.06. The summed E-state index contributed by atoms with van der Waals surface area (Å²) in [6.45, 7) is 4.25. The van der Waals surface area contributed by atoms with Crippen LogP contribution in [0.15, 0.2) is 53.4 Å². The van der Waals surface area contributed by atoms with Crippen molar-refractivity contribution in [1.82, 2.24) is 4.31 Å². The van der Waals surface area contributed by atoms with E-state index in [0.717, 1.165) is 0 Å². The quantitative estimate of drug-likeness (QED) is 0.382. The number of benzene rings is 2. The molecule has 0 spiro atoms. The average molecular weight is 438 g/mol. The fraction of sp³-hybridized carbons (Fsp3) is 0.211. The summed E-state index contributed by atoms with van der Waals surface area (Å²) in [5.74, 6) is -0.470. The number of carbonyl (C=O) groups is 1. The van der Waals surface area contributed by atoms with Crippen LogP contribution in [0.25, 0.3) is 6.08 Å². The van der Waals surface area contributed by atoms with Crippen molar-refractivity contribution >= 4 is 45.0 Å². The predicted octanol–water partition coefficient (Wildman–Crippen LogP) is 3.93. The lowest BCUT2D eigenvalue weighted by Crippen LogP contribution is -2.30. The van der Waals surface area contributed by atoms with E-state index in [9.17, 15) is 23.3 Å². The number of sulfonamides is 1. The molecule has 1 amide bonds. The van der Waals surface area contributed by atoms with Gasteiger partial charge in [-0.05, 0) is 42.0 Å². The SMILES string of the molecule is CCN(CC)S(=O)(=O)c1ccc(NC(=O)/C=C/c2ccc(Cl)c([N+](=O)[O-])c2)cc1. The van der Waals surface area contributed by atoms with Crippen molar-refractivity contribution in [2.75, 3.05) is 18.4 Å². The van der Waals surface area contributed by atoms with Gasteiger partial charge in [0.15, 0.2) is 0 Å². The number of carbonyl (C=O) groups excluding carboxylic acids is 1. The van der Waals surface area contributed by atoms with E-state index in [-0.39, 0.29) is 15.6 Å². The lowest BCUT2D eigenvalue weighted by Gasteiger charge is -2.18. The van der Waals surface area contributed by atoms with Crippen LogP contribution in [0.1, 0.15) is 19.4 Å². The molecule has 0 aliphatic carbocycles. The van der Waals surface area contributed by atoms with Gasteiger partial charge in [0.1, 0.15) is 5.02 Å². The highest BCUT2D eigenvalue weighted by molar-refractivity contribution is 7.89. The molecule has 0 aliphatic heterocycles. The highest BCUT2D eigenvalue weighted by Crippen LogP contribution is 2.25. The highest BCUT2D eigenvalue weighted by Gasteiger charge is 2.21. The smallest absolute Gasteiger partial charge is 0.288 e. The number of hydrogen-bond acceptors (Lipinski definition) is 5. The van der Waals surface area contributed by atoms with Crippen molar-refractivity contribution in [3.8, 4) is 0 Å². The van der Waals surface area contributed by atoms with E-state index in [1.165, 1.54) is 52.9 Å². The molecule has 0 saturated carbocycles. The summed E-state index contributed by atoms with van der Waals surface area (Å²) in [7, 11) is -3.57. The summed E-state index contributed by atoms with van der Waals surface area (Å²) >= 11 is 5.75. The molecule has 0 saturated heterocycles. The molecule has 1 N–H and O–H groups in total. The second-order valence-corrected chi connectivity index (χ2v) is 8.25. The number of hydrogen-bond donors (Lipinski definition) is 1. The lowest BCUT2D eigenvalue weighted by atomic mass is 10.2. The van der Waals surface area contributed by atoms with Crippen molar-refractivity contribution < 1.29 is 18.1 Å². The van der Waals surface area contributed by atoms with Crippen molar-refractivity contribution in [2.45, 2.75) is 18.7 Å². The zero-order valence-electron chi connectivity index (χ0n) is 15.8. The molecule has 10 heteroatoms. The molecular formula is C19H20ClN3O5S. The first-order chi connectivity index (χ1) is 13.7. The van der Waals surface area contributed by atoms with Gasteiger partial charge in [0.05, 0.1) is 9.82 Å². The van der Waals surface area contributed by atoms with Crippen LogP contribution in [0, 0.1) is 10.1 Å². The van der Waals surface area contributed by atoms with Crippen molar-refractivity contribution in [2.24, 2.45) is 0 Å². The maximum atomic E-state index is 12.5. The van der Waals surface area contributed by atoms with E-state index >= 15 is 0 Å². The van der Waals surface area contributed by atoms with Crippen molar-refractivity contribution in [1.29, 1.82) is 0 Å². The van der Waals surface area contributed by atoms with Crippen LogP contribution >= 0.6 is 11.6 Å². The first kappa shape index (κ1) is 22.5. The van der Waals surface area contributed by atoms with Gasteiger partial charge in [-0.3, -0.25) is 14.9 Å². The minimum Gasteiger partial charge on any atom is -0.323 e. The fourth-order valence-corrected chi connectivity index (χ4v) is 4.20. The number of nitrogens with zero attached hydrogens (tertiary/aromatic N) is 2. The van der Waals surface area contributed by atoms with E-state index in [4.69, 9.17) is 11.6 Å². The monoisotopic (exact) mass is 437 g/mol. The predicted molar refractivity (Wildman–Crippen MR) is 112 cm³/mol. The summed E-state index contributed by atoms with van der Waals surface area (Å²) in [5.41, 5.74) is 0.608. The second kappa shape index (κ2) is 9.64. The molecule has 0 atom stereocenters. The molecule has 0 bridgehead atoms. The second-order valence-electron chi connectivity index (χ2n) is 5.90. The summed E-state index contributed by atoms with van der Waals surface area (Å²) in [6, 6.07) is 10.0. The summed E-state index contributed by atoms with van der Waals surface area (Å²) < 4.78 is 26.3. The van der Waals surface area contributed by atoms with Gasteiger partial charge in [0, 0.05) is 30.9 Å². The van der Waals surface area contributed by atoms with Crippen molar-refractivity contribution in [3.63, 3.8) is 0 Å². The van der Waals surface area contributed by atoms with E-state index in [1.807, 2.05) is 0 Å². The number of rotatable bonds is 8. The first-order valence-corrected chi connectivity index (χ1v) is 10.5. The topological polar surface area (TPSA) is 110 Å².